The standard InChI is InChI=1S/C25H18ClFN4O2/c1-15-21(24-29-23(30-33-24)17-9-13-19(27)14-10-17)22(16-7-11-18(26)12-8-16)28-25(32)31(15)20-5-3-2-4-6-20/h2-14,22H,1H3,(H,28,32). The number of anilines is 1. The van der Waals surface area contributed by atoms with E-state index >= 15 is 0 Å². The molecule has 164 valence electrons. The van der Waals surface area contributed by atoms with Crippen molar-refractivity contribution in [2.75, 3.05) is 4.90 Å². The highest BCUT2D eigenvalue weighted by Gasteiger charge is 2.36. The molecule has 2 heterocycles. The Hall–Kier alpha value is -3.97. The van der Waals surface area contributed by atoms with Gasteiger partial charge in [-0.1, -0.05) is 47.1 Å². The highest BCUT2D eigenvalue weighted by Crippen LogP contribution is 2.39. The lowest BCUT2D eigenvalue weighted by atomic mass is 9.94. The van der Waals surface area contributed by atoms with Crippen LogP contribution in [0.5, 0.6) is 0 Å². The van der Waals surface area contributed by atoms with Crippen LogP contribution in [0.25, 0.3) is 17.0 Å². The molecule has 1 aliphatic heterocycles. The lowest BCUT2D eigenvalue weighted by Crippen LogP contribution is -2.46. The van der Waals surface area contributed by atoms with Crippen LogP contribution < -0.4 is 10.2 Å². The monoisotopic (exact) mass is 460 g/mol. The fraction of sp³-hybridized carbons (Fsp3) is 0.0800. The van der Waals surface area contributed by atoms with Crippen molar-refractivity contribution < 1.29 is 13.7 Å². The van der Waals surface area contributed by atoms with Crippen LogP contribution in [0.2, 0.25) is 5.02 Å². The van der Waals surface area contributed by atoms with Gasteiger partial charge in [-0.15, -0.1) is 0 Å². The Morgan fingerprint density at radius 3 is 2.39 bits per heavy atom. The van der Waals surface area contributed by atoms with Gasteiger partial charge in [0.25, 0.3) is 5.89 Å². The molecule has 0 bridgehead atoms. The third kappa shape index (κ3) is 3.99. The highest BCUT2D eigenvalue weighted by atomic mass is 35.5. The van der Waals surface area contributed by atoms with Crippen LogP contribution in [-0.4, -0.2) is 16.2 Å². The van der Waals surface area contributed by atoms with Gasteiger partial charge in [0.15, 0.2) is 0 Å². The second-order valence-corrected chi connectivity index (χ2v) is 7.97. The Labute approximate surface area is 194 Å². The van der Waals surface area contributed by atoms with Crippen molar-refractivity contribution in [2.45, 2.75) is 13.0 Å². The Morgan fingerprint density at radius 2 is 1.70 bits per heavy atom. The maximum absolute atomic E-state index is 13.3. The largest absolute Gasteiger partial charge is 0.334 e. The molecule has 2 amide bonds. The summed E-state index contributed by atoms with van der Waals surface area (Å²) in [6, 6.07) is 21.5. The summed E-state index contributed by atoms with van der Waals surface area (Å²) in [5.41, 5.74) is 3.45. The number of nitrogens with one attached hydrogen (secondary N) is 1. The predicted octanol–water partition coefficient (Wildman–Crippen LogP) is 6.23. The number of hydrogen-bond donors (Lipinski definition) is 1. The maximum Gasteiger partial charge on any atom is 0.326 e. The number of halogens is 2. The normalized spacial score (nSPS) is 16.2. The predicted molar refractivity (Wildman–Crippen MR) is 124 cm³/mol. The number of rotatable bonds is 4. The van der Waals surface area contributed by atoms with Crippen molar-refractivity contribution >= 4 is 28.9 Å². The van der Waals surface area contributed by atoms with Crippen LogP contribution in [0, 0.1) is 5.82 Å². The quantitative estimate of drug-likeness (QED) is 0.392. The first kappa shape index (κ1) is 20.9. The van der Waals surface area contributed by atoms with E-state index in [4.69, 9.17) is 16.1 Å². The summed E-state index contributed by atoms with van der Waals surface area (Å²) in [5.74, 6) is 0.230. The molecule has 3 aromatic carbocycles. The second-order valence-electron chi connectivity index (χ2n) is 7.53. The van der Waals surface area contributed by atoms with Crippen LogP contribution in [-0.2, 0) is 0 Å². The fourth-order valence-electron chi connectivity index (χ4n) is 3.86. The van der Waals surface area contributed by atoms with Crippen molar-refractivity contribution in [1.29, 1.82) is 0 Å². The van der Waals surface area contributed by atoms with Crippen LogP contribution in [0.1, 0.15) is 24.4 Å². The van der Waals surface area contributed by atoms with Gasteiger partial charge in [-0.3, -0.25) is 4.90 Å². The average Bonchev–Trinajstić information content (AvgIpc) is 3.30. The molecule has 4 aromatic rings. The second kappa shape index (κ2) is 8.52. The van der Waals surface area contributed by atoms with Gasteiger partial charge >= 0.3 is 6.03 Å². The molecule has 5 rings (SSSR count). The first-order valence-electron chi connectivity index (χ1n) is 10.2. The Kier molecular flexibility index (Phi) is 5.40. The van der Waals surface area contributed by atoms with E-state index in [9.17, 15) is 9.18 Å². The number of amides is 2. The summed E-state index contributed by atoms with van der Waals surface area (Å²) >= 11 is 6.07. The molecule has 1 aliphatic rings. The third-order valence-corrected chi connectivity index (χ3v) is 5.71. The average molecular weight is 461 g/mol. The van der Waals surface area contributed by atoms with Gasteiger partial charge in [-0.05, 0) is 61.0 Å². The maximum atomic E-state index is 13.3. The van der Waals surface area contributed by atoms with Crippen LogP contribution in [0.15, 0.2) is 89.1 Å². The van der Waals surface area contributed by atoms with Crippen LogP contribution >= 0.6 is 11.6 Å². The van der Waals surface area contributed by atoms with Crippen molar-refractivity contribution in [1.82, 2.24) is 15.5 Å². The molecule has 33 heavy (non-hydrogen) atoms. The molecule has 1 unspecified atom stereocenters. The number of para-hydroxylation sites is 1. The van der Waals surface area contributed by atoms with E-state index in [1.807, 2.05) is 49.4 Å². The summed E-state index contributed by atoms with van der Waals surface area (Å²) in [4.78, 5) is 19.3. The third-order valence-electron chi connectivity index (χ3n) is 5.46. The number of aromatic nitrogens is 2. The van der Waals surface area contributed by atoms with E-state index in [0.717, 1.165) is 5.56 Å². The highest BCUT2D eigenvalue weighted by molar-refractivity contribution is 6.30. The van der Waals surface area contributed by atoms with E-state index in [1.54, 1.807) is 29.2 Å². The minimum absolute atomic E-state index is 0.257. The van der Waals surface area contributed by atoms with Crippen molar-refractivity contribution in [3.8, 4) is 11.4 Å². The number of carbonyl (C=O) groups is 1. The topological polar surface area (TPSA) is 71.3 Å². The zero-order valence-electron chi connectivity index (χ0n) is 17.5. The van der Waals surface area contributed by atoms with Gasteiger partial charge in [0, 0.05) is 16.3 Å². The van der Waals surface area contributed by atoms with Crippen molar-refractivity contribution in [3.63, 3.8) is 0 Å². The molecule has 1 atom stereocenters. The summed E-state index contributed by atoms with van der Waals surface area (Å²) in [6.07, 6.45) is 0. The van der Waals surface area contributed by atoms with E-state index in [-0.39, 0.29) is 17.7 Å². The first-order chi connectivity index (χ1) is 16.0. The molecule has 6 nitrogen and oxygen atoms in total. The molecule has 0 saturated heterocycles. The van der Waals surface area contributed by atoms with Gasteiger partial charge in [0.1, 0.15) is 5.82 Å². The molecule has 0 aliphatic carbocycles. The Bertz CT molecular complexity index is 1340. The van der Waals surface area contributed by atoms with Gasteiger partial charge in [0.05, 0.1) is 17.3 Å². The molecule has 0 spiro atoms. The van der Waals surface area contributed by atoms with Gasteiger partial charge in [-0.25, -0.2) is 9.18 Å². The van der Waals surface area contributed by atoms with E-state index in [1.165, 1.54) is 12.1 Å². The molecule has 0 fully saturated rings. The minimum atomic E-state index is -0.531. The van der Waals surface area contributed by atoms with Crippen molar-refractivity contribution in [2.24, 2.45) is 0 Å². The molecule has 0 saturated carbocycles. The minimum Gasteiger partial charge on any atom is -0.334 e. The zero-order chi connectivity index (χ0) is 22.9. The smallest absolute Gasteiger partial charge is 0.326 e. The number of allylic oxidation sites excluding steroid dienone is 1. The van der Waals surface area contributed by atoms with Gasteiger partial charge in [0.2, 0.25) is 5.82 Å². The fourth-order valence-corrected chi connectivity index (χ4v) is 3.99. The number of benzene rings is 3. The molecule has 1 N–H and O–H groups in total. The SMILES string of the molecule is CC1=C(c2nc(-c3ccc(F)cc3)no2)C(c2ccc(Cl)cc2)NC(=O)N1c1ccccc1. The zero-order valence-corrected chi connectivity index (χ0v) is 18.3. The molecular formula is C25H18ClFN4O2. The molecule has 0 radical (unpaired) electrons. The molecule has 8 heteroatoms. The lowest BCUT2D eigenvalue weighted by Gasteiger charge is -2.35. The summed E-state index contributed by atoms with van der Waals surface area (Å²) in [6.45, 7) is 1.84. The molecule has 1 aromatic heterocycles. The van der Waals surface area contributed by atoms with E-state index in [0.29, 0.717) is 33.4 Å². The summed E-state index contributed by atoms with van der Waals surface area (Å²) < 4.78 is 19.0. The number of nitrogens with zero attached hydrogens (tertiary/aromatic N) is 3. The lowest BCUT2D eigenvalue weighted by molar-refractivity contribution is 0.244. The van der Waals surface area contributed by atoms with Gasteiger partial charge < -0.3 is 9.84 Å². The Morgan fingerprint density at radius 1 is 1.00 bits per heavy atom. The van der Waals surface area contributed by atoms with Gasteiger partial charge in [-0.2, -0.15) is 4.98 Å². The van der Waals surface area contributed by atoms with Crippen LogP contribution in [0.3, 0.4) is 0 Å². The van der Waals surface area contributed by atoms with E-state index < -0.39 is 6.04 Å². The number of hydrogen-bond acceptors (Lipinski definition) is 4. The Balaban J connectivity index is 1.64. The number of urea groups is 1. The summed E-state index contributed by atoms with van der Waals surface area (Å²) in [5, 5.41) is 7.72. The first-order valence-corrected chi connectivity index (χ1v) is 10.6. The summed E-state index contributed by atoms with van der Waals surface area (Å²) in [7, 11) is 0. The number of carbonyl (C=O) groups excluding carboxylic acids is 1. The van der Waals surface area contributed by atoms with Crippen molar-refractivity contribution in [3.05, 3.63) is 107 Å². The molecular weight excluding hydrogens is 443 g/mol. The van der Waals surface area contributed by atoms with E-state index in [2.05, 4.69) is 15.5 Å². The van der Waals surface area contributed by atoms with Crippen LogP contribution in [0.4, 0.5) is 14.9 Å².